The minimum atomic E-state index is -2.10. The molecular weight excluding hydrogens is 119 g/mol. The Kier molecular flexibility index (Phi) is 1.41. The first-order valence-electron chi connectivity index (χ1n) is 2.87. The van der Waals surface area contributed by atoms with Crippen molar-refractivity contribution in [3.63, 3.8) is 0 Å². The van der Waals surface area contributed by atoms with Gasteiger partial charge in [-0.2, -0.15) is 0 Å². The van der Waals surface area contributed by atoms with Crippen LogP contribution in [-0.4, -0.2) is 11.0 Å². The van der Waals surface area contributed by atoms with Crippen molar-refractivity contribution in [1.29, 1.82) is 0 Å². The van der Waals surface area contributed by atoms with Gasteiger partial charge >= 0.3 is 0 Å². The molecule has 2 heteroatoms. The van der Waals surface area contributed by atoms with E-state index >= 15 is 0 Å². The fourth-order valence-corrected chi connectivity index (χ4v) is 0.699. The molecule has 1 atom stereocenters. The Hall–Kier alpha value is -0.630. The Morgan fingerprint density at radius 2 is 2.44 bits per heavy atom. The van der Waals surface area contributed by atoms with E-state index in [2.05, 4.69) is 0 Å². The molecule has 0 radical (unpaired) electrons. The van der Waals surface area contributed by atoms with Crippen molar-refractivity contribution in [3.8, 4) is 0 Å². The average molecular weight is 128 g/mol. The summed E-state index contributed by atoms with van der Waals surface area (Å²) < 4.78 is 12.5. The Balaban J connectivity index is 2.70. The molecule has 1 aliphatic rings. The van der Waals surface area contributed by atoms with E-state index in [0.717, 1.165) is 5.57 Å². The van der Waals surface area contributed by atoms with Gasteiger partial charge in [-0.25, -0.2) is 4.39 Å². The first-order valence-corrected chi connectivity index (χ1v) is 2.87. The van der Waals surface area contributed by atoms with Crippen LogP contribution in [0, 0.1) is 0 Å². The summed E-state index contributed by atoms with van der Waals surface area (Å²) in [6, 6.07) is 0. The number of aliphatic hydroxyl groups is 1. The van der Waals surface area contributed by atoms with Gasteiger partial charge < -0.3 is 5.11 Å². The van der Waals surface area contributed by atoms with Crippen LogP contribution < -0.4 is 0 Å². The molecule has 0 spiro atoms. The standard InChI is InChI=1S/C7H9FO/c1-6-2-4-7(8,9)5-3-6/h2-4,9H,5H2,1H3. The molecule has 0 aliphatic heterocycles. The molecule has 50 valence electrons. The van der Waals surface area contributed by atoms with Crippen LogP contribution in [0.4, 0.5) is 4.39 Å². The molecule has 9 heavy (non-hydrogen) atoms. The first kappa shape index (κ1) is 6.49. The summed E-state index contributed by atoms with van der Waals surface area (Å²) in [6.45, 7) is 1.87. The Morgan fingerprint density at radius 1 is 1.78 bits per heavy atom. The molecule has 1 unspecified atom stereocenters. The van der Waals surface area contributed by atoms with Crippen LogP contribution in [0.25, 0.3) is 0 Å². The minimum absolute atomic E-state index is 0.0787. The average Bonchev–Trinajstić information content (AvgIpc) is 1.78. The maximum Gasteiger partial charge on any atom is 0.229 e. The molecule has 0 heterocycles. The molecule has 0 aromatic rings. The van der Waals surface area contributed by atoms with E-state index in [1.54, 1.807) is 12.2 Å². The van der Waals surface area contributed by atoms with Gasteiger partial charge in [-0.05, 0) is 13.0 Å². The van der Waals surface area contributed by atoms with Gasteiger partial charge in [0.2, 0.25) is 5.85 Å². The Morgan fingerprint density at radius 3 is 2.78 bits per heavy atom. The molecule has 1 N–H and O–H groups in total. The van der Waals surface area contributed by atoms with Crippen molar-refractivity contribution in [2.75, 3.05) is 0 Å². The maximum absolute atomic E-state index is 12.5. The highest BCUT2D eigenvalue weighted by Crippen LogP contribution is 2.21. The lowest BCUT2D eigenvalue weighted by Crippen LogP contribution is -2.19. The minimum Gasteiger partial charge on any atom is -0.358 e. The SMILES string of the molecule is CC1=CCC(O)(F)C=C1. The highest BCUT2D eigenvalue weighted by atomic mass is 19.2. The van der Waals surface area contributed by atoms with Crippen LogP contribution in [0.1, 0.15) is 13.3 Å². The highest BCUT2D eigenvalue weighted by Gasteiger charge is 2.21. The van der Waals surface area contributed by atoms with Gasteiger partial charge in [0.25, 0.3) is 0 Å². The quantitative estimate of drug-likeness (QED) is 0.524. The normalized spacial score (nSPS) is 34.3. The summed E-state index contributed by atoms with van der Waals surface area (Å²) >= 11 is 0. The lowest BCUT2D eigenvalue weighted by atomic mass is 10.1. The van der Waals surface area contributed by atoms with E-state index in [9.17, 15) is 4.39 Å². The van der Waals surface area contributed by atoms with Gasteiger partial charge in [-0.15, -0.1) is 0 Å². The molecule has 1 rings (SSSR count). The lowest BCUT2D eigenvalue weighted by Gasteiger charge is -2.15. The molecule has 0 fully saturated rings. The topological polar surface area (TPSA) is 20.2 Å². The molecule has 0 amide bonds. The van der Waals surface area contributed by atoms with Gasteiger partial charge in [0.05, 0.1) is 0 Å². The van der Waals surface area contributed by atoms with Crippen LogP contribution in [0.2, 0.25) is 0 Å². The zero-order chi connectivity index (χ0) is 6.91. The van der Waals surface area contributed by atoms with Crippen LogP contribution in [-0.2, 0) is 0 Å². The fourth-order valence-electron chi connectivity index (χ4n) is 0.699. The maximum atomic E-state index is 12.5. The van der Waals surface area contributed by atoms with Crippen LogP contribution in [0.15, 0.2) is 23.8 Å². The van der Waals surface area contributed by atoms with Gasteiger partial charge in [0, 0.05) is 6.42 Å². The zero-order valence-electron chi connectivity index (χ0n) is 5.26. The summed E-state index contributed by atoms with van der Waals surface area (Å²) in [4.78, 5) is 0. The second kappa shape index (κ2) is 1.95. The van der Waals surface area contributed by atoms with Gasteiger partial charge in [-0.3, -0.25) is 0 Å². The van der Waals surface area contributed by atoms with E-state index in [4.69, 9.17) is 5.11 Å². The third kappa shape index (κ3) is 1.64. The van der Waals surface area contributed by atoms with Crippen LogP contribution in [0.3, 0.4) is 0 Å². The molecule has 1 aliphatic carbocycles. The zero-order valence-corrected chi connectivity index (χ0v) is 5.26. The number of hydrogen-bond acceptors (Lipinski definition) is 1. The Bertz CT molecular complexity index is 168. The largest absolute Gasteiger partial charge is 0.358 e. The number of alkyl halides is 1. The molecule has 0 bridgehead atoms. The van der Waals surface area contributed by atoms with Crippen LogP contribution >= 0.6 is 0 Å². The Labute approximate surface area is 53.5 Å². The van der Waals surface area contributed by atoms with Crippen molar-refractivity contribution < 1.29 is 9.50 Å². The third-order valence-electron chi connectivity index (χ3n) is 1.31. The van der Waals surface area contributed by atoms with Crippen molar-refractivity contribution >= 4 is 0 Å². The predicted octanol–water partition coefficient (Wildman–Crippen LogP) is 1.55. The summed E-state index contributed by atoms with van der Waals surface area (Å²) in [5.74, 6) is -2.10. The van der Waals surface area contributed by atoms with Gasteiger partial charge in [-0.1, -0.05) is 17.7 Å². The fraction of sp³-hybridized carbons (Fsp3) is 0.429. The van der Waals surface area contributed by atoms with Gasteiger partial charge in [0.1, 0.15) is 0 Å². The van der Waals surface area contributed by atoms with E-state index in [1.807, 2.05) is 6.92 Å². The van der Waals surface area contributed by atoms with E-state index in [0.29, 0.717) is 0 Å². The van der Waals surface area contributed by atoms with E-state index in [1.165, 1.54) is 6.08 Å². The van der Waals surface area contributed by atoms with Crippen molar-refractivity contribution in [1.82, 2.24) is 0 Å². The number of allylic oxidation sites excluding steroid dienone is 2. The molecule has 0 saturated heterocycles. The summed E-state index contributed by atoms with van der Waals surface area (Å²) in [5.41, 5.74) is 0.998. The molecular formula is C7H9FO. The molecule has 1 nitrogen and oxygen atoms in total. The van der Waals surface area contributed by atoms with E-state index in [-0.39, 0.29) is 6.42 Å². The summed E-state index contributed by atoms with van der Waals surface area (Å²) in [7, 11) is 0. The van der Waals surface area contributed by atoms with Crippen molar-refractivity contribution in [2.45, 2.75) is 19.2 Å². The molecule has 0 aromatic carbocycles. The second-order valence-electron chi connectivity index (χ2n) is 2.30. The highest BCUT2D eigenvalue weighted by molar-refractivity contribution is 5.23. The second-order valence-corrected chi connectivity index (χ2v) is 2.30. The summed E-state index contributed by atoms with van der Waals surface area (Å²) in [6.07, 6.45) is 4.49. The number of hydrogen-bond donors (Lipinski definition) is 1. The number of halogens is 1. The van der Waals surface area contributed by atoms with Crippen molar-refractivity contribution in [2.24, 2.45) is 0 Å². The number of rotatable bonds is 0. The molecule has 0 aromatic heterocycles. The predicted molar refractivity (Wildman–Crippen MR) is 33.6 cm³/mol. The van der Waals surface area contributed by atoms with Crippen LogP contribution in [0.5, 0.6) is 0 Å². The monoisotopic (exact) mass is 128 g/mol. The molecule has 0 saturated carbocycles. The van der Waals surface area contributed by atoms with E-state index < -0.39 is 5.85 Å². The van der Waals surface area contributed by atoms with Crippen molar-refractivity contribution in [3.05, 3.63) is 23.8 Å². The van der Waals surface area contributed by atoms with Gasteiger partial charge in [0.15, 0.2) is 0 Å². The summed E-state index contributed by atoms with van der Waals surface area (Å²) in [5, 5.41) is 8.69. The smallest absolute Gasteiger partial charge is 0.229 e. The third-order valence-corrected chi connectivity index (χ3v) is 1.31. The first-order chi connectivity index (χ1) is 4.10. The lowest BCUT2D eigenvalue weighted by molar-refractivity contribution is -0.0388.